The van der Waals surface area contributed by atoms with Crippen LogP contribution in [-0.4, -0.2) is 52.9 Å². The van der Waals surface area contributed by atoms with E-state index in [0.717, 1.165) is 22.2 Å². The van der Waals surface area contributed by atoms with E-state index in [9.17, 15) is 9.59 Å². The predicted octanol–water partition coefficient (Wildman–Crippen LogP) is 5.58. The average molecular weight is 499 g/mol. The molecule has 1 fully saturated rings. The fourth-order valence-electron chi connectivity index (χ4n) is 4.73. The van der Waals surface area contributed by atoms with E-state index in [1.807, 2.05) is 54.6 Å². The molecule has 6 rings (SSSR count). The normalized spacial score (nSPS) is 15.1. The van der Waals surface area contributed by atoms with E-state index in [2.05, 4.69) is 4.98 Å². The number of carbonyl (C=O) groups excluding carboxylic acids is 2. The van der Waals surface area contributed by atoms with Crippen molar-refractivity contribution in [2.45, 2.75) is 6.54 Å². The molecule has 0 saturated carbocycles. The highest BCUT2D eigenvalue weighted by molar-refractivity contribution is 6.31. The van der Waals surface area contributed by atoms with Crippen LogP contribution in [0.25, 0.3) is 10.9 Å². The number of hydrogen-bond acceptors (Lipinski definition) is 4. The molecule has 0 radical (unpaired) electrons. The van der Waals surface area contributed by atoms with Crippen molar-refractivity contribution in [1.29, 1.82) is 0 Å². The first-order valence-corrected chi connectivity index (χ1v) is 12.2. The zero-order chi connectivity index (χ0) is 24.6. The molecule has 3 heterocycles. The zero-order valence-electron chi connectivity index (χ0n) is 19.4. The summed E-state index contributed by atoms with van der Waals surface area (Å²) in [5.74, 6) is 1.26. The average Bonchev–Trinajstić information content (AvgIpc) is 3.08. The third kappa shape index (κ3) is 4.12. The number of rotatable bonds is 1. The Morgan fingerprint density at radius 2 is 1.64 bits per heavy atom. The Balaban J connectivity index is 1.20. The van der Waals surface area contributed by atoms with E-state index < -0.39 is 0 Å². The van der Waals surface area contributed by atoms with Crippen molar-refractivity contribution >= 4 is 40.1 Å². The van der Waals surface area contributed by atoms with E-state index in [1.165, 1.54) is 0 Å². The SMILES string of the molecule is O=C(c1ccc2ncccc2c1)N1CCN(C(=O)N2Cc3ccccc3Oc3ccc(Cl)cc32)CC1. The highest BCUT2D eigenvalue weighted by atomic mass is 35.5. The van der Waals surface area contributed by atoms with Crippen LogP contribution in [-0.2, 0) is 6.54 Å². The lowest BCUT2D eigenvalue weighted by Crippen LogP contribution is -2.54. The van der Waals surface area contributed by atoms with Crippen molar-refractivity contribution < 1.29 is 14.3 Å². The van der Waals surface area contributed by atoms with Gasteiger partial charge >= 0.3 is 6.03 Å². The lowest BCUT2D eigenvalue weighted by atomic mass is 10.1. The first kappa shape index (κ1) is 22.4. The van der Waals surface area contributed by atoms with Gasteiger partial charge in [-0.3, -0.25) is 14.7 Å². The van der Waals surface area contributed by atoms with Gasteiger partial charge in [-0.2, -0.15) is 0 Å². The predicted molar refractivity (Wildman–Crippen MR) is 139 cm³/mol. The lowest BCUT2D eigenvalue weighted by Gasteiger charge is -2.37. The number of anilines is 1. The molecule has 0 N–H and O–H groups in total. The number of ether oxygens (including phenoxy) is 1. The van der Waals surface area contributed by atoms with Crippen LogP contribution in [0.1, 0.15) is 15.9 Å². The number of nitrogens with zero attached hydrogens (tertiary/aromatic N) is 4. The first-order chi connectivity index (χ1) is 17.6. The molecular weight excluding hydrogens is 476 g/mol. The molecule has 36 heavy (non-hydrogen) atoms. The van der Waals surface area contributed by atoms with Crippen LogP contribution in [0.15, 0.2) is 79.0 Å². The van der Waals surface area contributed by atoms with Crippen LogP contribution in [0.4, 0.5) is 10.5 Å². The molecule has 7 nitrogen and oxygen atoms in total. The maximum atomic E-state index is 13.7. The summed E-state index contributed by atoms with van der Waals surface area (Å²) >= 11 is 6.29. The standard InChI is InChI=1S/C28H23ClN4O3/c29-22-8-10-26-24(17-22)33(18-21-4-1-2-6-25(21)36-26)28(35)32-14-12-31(13-15-32)27(34)20-7-9-23-19(16-20)5-3-11-30-23/h1-11,16-17H,12-15,18H2. The Hall–Kier alpha value is -4.10. The number of aromatic nitrogens is 1. The van der Waals surface area contributed by atoms with Gasteiger partial charge in [0.1, 0.15) is 5.75 Å². The van der Waals surface area contributed by atoms with Crippen LogP contribution in [0, 0.1) is 0 Å². The Morgan fingerprint density at radius 3 is 2.50 bits per heavy atom. The fraction of sp³-hybridized carbons (Fsp3) is 0.179. The van der Waals surface area contributed by atoms with Gasteiger partial charge in [0.2, 0.25) is 0 Å². The van der Waals surface area contributed by atoms with Gasteiger partial charge in [-0.15, -0.1) is 0 Å². The smallest absolute Gasteiger partial charge is 0.325 e. The summed E-state index contributed by atoms with van der Waals surface area (Å²) in [5.41, 5.74) is 3.03. The Labute approximate surface area is 213 Å². The Morgan fingerprint density at radius 1 is 0.833 bits per heavy atom. The quantitative estimate of drug-likeness (QED) is 0.344. The molecule has 8 heteroatoms. The van der Waals surface area contributed by atoms with Gasteiger partial charge in [0.25, 0.3) is 5.91 Å². The molecule has 2 aliphatic heterocycles. The summed E-state index contributed by atoms with van der Waals surface area (Å²) in [6.07, 6.45) is 1.74. The number of piperazine rings is 1. The molecule has 1 saturated heterocycles. The van der Waals surface area contributed by atoms with E-state index in [-0.39, 0.29) is 11.9 Å². The number of hydrogen-bond donors (Lipinski definition) is 0. The van der Waals surface area contributed by atoms with Gasteiger partial charge in [-0.25, -0.2) is 4.79 Å². The molecule has 0 aliphatic carbocycles. The van der Waals surface area contributed by atoms with Gasteiger partial charge < -0.3 is 14.5 Å². The second-order valence-electron chi connectivity index (χ2n) is 8.88. The number of benzene rings is 3. The lowest BCUT2D eigenvalue weighted by molar-refractivity contribution is 0.0668. The van der Waals surface area contributed by atoms with E-state index >= 15 is 0 Å². The van der Waals surface area contributed by atoms with E-state index in [1.54, 1.807) is 39.1 Å². The monoisotopic (exact) mass is 498 g/mol. The van der Waals surface area contributed by atoms with Crippen molar-refractivity contribution in [3.8, 4) is 11.5 Å². The van der Waals surface area contributed by atoms with Crippen LogP contribution >= 0.6 is 11.6 Å². The topological polar surface area (TPSA) is 66.0 Å². The number of urea groups is 1. The number of amides is 3. The third-order valence-corrected chi connectivity index (χ3v) is 6.89. The van der Waals surface area contributed by atoms with Crippen LogP contribution in [0.3, 0.4) is 0 Å². The Bertz CT molecular complexity index is 1480. The van der Waals surface area contributed by atoms with Crippen LogP contribution in [0.2, 0.25) is 5.02 Å². The van der Waals surface area contributed by atoms with Gasteiger partial charge in [-0.05, 0) is 48.5 Å². The van der Waals surface area contributed by atoms with Crippen molar-refractivity contribution in [1.82, 2.24) is 14.8 Å². The van der Waals surface area contributed by atoms with Crippen molar-refractivity contribution in [2.24, 2.45) is 0 Å². The third-order valence-electron chi connectivity index (χ3n) is 6.65. The minimum Gasteiger partial charge on any atom is -0.455 e. The highest BCUT2D eigenvalue weighted by Gasteiger charge is 2.32. The Kier molecular flexibility index (Phi) is 5.70. The summed E-state index contributed by atoms with van der Waals surface area (Å²) in [4.78, 5) is 36.5. The summed E-state index contributed by atoms with van der Waals surface area (Å²) in [5, 5.41) is 1.46. The molecule has 0 atom stereocenters. The van der Waals surface area contributed by atoms with Crippen LogP contribution < -0.4 is 9.64 Å². The first-order valence-electron chi connectivity index (χ1n) is 11.8. The number of pyridine rings is 1. The molecular formula is C28H23ClN4O3. The number of halogens is 1. The molecule has 1 aromatic heterocycles. The summed E-state index contributed by atoms with van der Waals surface area (Å²) in [6.45, 7) is 2.16. The minimum atomic E-state index is -0.136. The van der Waals surface area contributed by atoms with Crippen molar-refractivity contribution in [3.63, 3.8) is 0 Å². The minimum absolute atomic E-state index is 0.0397. The molecule has 3 aromatic carbocycles. The second-order valence-corrected chi connectivity index (χ2v) is 9.32. The molecule has 3 amide bonds. The van der Waals surface area contributed by atoms with Crippen molar-refractivity contribution in [2.75, 3.05) is 31.1 Å². The summed E-state index contributed by atoms with van der Waals surface area (Å²) in [7, 11) is 0. The zero-order valence-corrected chi connectivity index (χ0v) is 20.2. The maximum Gasteiger partial charge on any atom is 0.325 e. The largest absolute Gasteiger partial charge is 0.455 e. The van der Waals surface area contributed by atoms with Gasteiger partial charge in [0.05, 0.1) is 17.7 Å². The van der Waals surface area contributed by atoms with Gasteiger partial charge in [0, 0.05) is 53.9 Å². The molecule has 4 aromatic rings. The fourth-order valence-corrected chi connectivity index (χ4v) is 4.90. The van der Waals surface area contributed by atoms with E-state index in [0.29, 0.717) is 54.7 Å². The van der Waals surface area contributed by atoms with Gasteiger partial charge in [0.15, 0.2) is 5.75 Å². The van der Waals surface area contributed by atoms with E-state index in [4.69, 9.17) is 16.3 Å². The molecule has 0 bridgehead atoms. The maximum absolute atomic E-state index is 13.7. The number of carbonyl (C=O) groups is 2. The number of fused-ring (bicyclic) bond motifs is 3. The highest BCUT2D eigenvalue weighted by Crippen LogP contribution is 2.40. The molecule has 0 spiro atoms. The molecule has 180 valence electrons. The number of para-hydroxylation sites is 1. The molecule has 0 unspecified atom stereocenters. The van der Waals surface area contributed by atoms with Crippen LogP contribution in [0.5, 0.6) is 11.5 Å². The summed E-state index contributed by atoms with van der Waals surface area (Å²) < 4.78 is 6.12. The molecule has 2 aliphatic rings. The second kappa shape index (κ2) is 9.17. The summed E-state index contributed by atoms with van der Waals surface area (Å²) in [6, 6.07) is 22.2. The van der Waals surface area contributed by atoms with Crippen molar-refractivity contribution in [3.05, 3.63) is 95.1 Å². The van der Waals surface area contributed by atoms with Gasteiger partial charge in [-0.1, -0.05) is 35.9 Å².